The average molecular weight is 487 g/mol. The summed E-state index contributed by atoms with van der Waals surface area (Å²) in [6, 6.07) is 34.9. The minimum absolute atomic E-state index is 0. The summed E-state index contributed by atoms with van der Waals surface area (Å²) in [5, 5.41) is 10.8. The van der Waals surface area contributed by atoms with E-state index in [1.807, 2.05) is 0 Å². The Labute approximate surface area is 202 Å². The minimum Gasteiger partial charge on any atom is -1.00 e. The molecule has 2 heterocycles. The fourth-order valence-corrected chi connectivity index (χ4v) is 6.56. The molecule has 2 saturated heterocycles. The Hall–Kier alpha value is -2.41. The molecule has 164 valence electrons. The number of halogens is 1. The van der Waals surface area contributed by atoms with Gasteiger partial charge in [0, 0.05) is 19.3 Å². The number of piperidine rings is 1. The number of fused-ring (bicyclic) bond motifs is 2. The van der Waals surface area contributed by atoms with E-state index in [1.54, 1.807) is 0 Å². The Morgan fingerprint density at radius 1 is 0.781 bits per heavy atom. The molecule has 5 rings (SSSR count). The lowest BCUT2D eigenvalue weighted by Crippen LogP contribution is -3.00. The van der Waals surface area contributed by atoms with E-state index in [9.17, 15) is 5.26 Å². The fourth-order valence-electron chi connectivity index (χ4n) is 6.56. The van der Waals surface area contributed by atoms with Gasteiger partial charge >= 0.3 is 0 Å². The van der Waals surface area contributed by atoms with E-state index in [4.69, 9.17) is 0 Å². The summed E-state index contributed by atoms with van der Waals surface area (Å²) >= 11 is 0. The lowest BCUT2D eigenvalue weighted by molar-refractivity contribution is -0.909. The quantitative estimate of drug-likeness (QED) is 0.471. The number of quaternary nitrogens is 1. The first-order valence-electron chi connectivity index (χ1n) is 11.6. The van der Waals surface area contributed by atoms with Gasteiger partial charge in [-0.05, 0) is 23.1 Å². The maximum atomic E-state index is 10.8. The third kappa shape index (κ3) is 3.70. The SMILES string of the molecule is N#CC(c1ccccc1)(c1ccccc1)C12CC[N+](CCCc3ccccc3)(CC1)C2.[Br-]. The predicted octanol–water partition coefficient (Wildman–Crippen LogP) is 2.74. The normalized spacial score (nSPS) is 24.0. The molecule has 0 aromatic heterocycles. The van der Waals surface area contributed by atoms with Crippen molar-refractivity contribution < 1.29 is 21.5 Å². The lowest BCUT2D eigenvalue weighted by Gasteiger charge is -2.41. The standard InChI is InChI=1S/C29H31N2.BrH/c30-23-29(26-14-6-2-7-15-26,27-16-8-3-9-17-27)28-18-21-31(24-28,22-19-28)20-10-13-25-11-4-1-5-12-25;/h1-9,11-12,14-17H,10,13,18-22,24H2;1H/q+1;/p-1. The van der Waals surface area contributed by atoms with Crippen LogP contribution in [0.25, 0.3) is 0 Å². The largest absolute Gasteiger partial charge is 1.00 e. The Morgan fingerprint density at radius 2 is 1.28 bits per heavy atom. The minimum atomic E-state index is -0.578. The van der Waals surface area contributed by atoms with Crippen molar-refractivity contribution in [1.29, 1.82) is 5.26 Å². The number of hydrogen-bond acceptors (Lipinski definition) is 1. The summed E-state index contributed by atoms with van der Waals surface area (Å²) in [6.45, 7) is 4.76. The molecule has 2 bridgehead atoms. The van der Waals surface area contributed by atoms with Gasteiger partial charge in [-0.25, -0.2) is 0 Å². The molecule has 3 aromatic rings. The Bertz CT molecular complexity index is 1010. The second-order valence-corrected chi connectivity index (χ2v) is 9.63. The molecular formula is C29H31BrN2. The number of nitrogens with zero attached hydrogens (tertiary/aromatic N) is 2. The zero-order valence-corrected chi connectivity index (χ0v) is 20.2. The van der Waals surface area contributed by atoms with Crippen LogP contribution in [-0.4, -0.2) is 30.7 Å². The predicted molar refractivity (Wildman–Crippen MR) is 125 cm³/mol. The van der Waals surface area contributed by atoms with Crippen molar-refractivity contribution >= 4 is 0 Å². The highest BCUT2D eigenvalue weighted by atomic mass is 79.9. The molecule has 32 heavy (non-hydrogen) atoms. The summed E-state index contributed by atoms with van der Waals surface area (Å²) in [5.41, 5.74) is 3.19. The topological polar surface area (TPSA) is 23.8 Å². The molecule has 2 aliphatic heterocycles. The fraction of sp³-hybridized carbons (Fsp3) is 0.345. The van der Waals surface area contributed by atoms with Gasteiger partial charge in [-0.15, -0.1) is 0 Å². The molecule has 3 heteroatoms. The van der Waals surface area contributed by atoms with Crippen molar-refractivity contribution in [2.75, 3.05) is 26.2 Å². The third-order valence-electron chi connectivity index (χ3n) is 8.09. The molecule has 0 spiro atoms. The summed E-state index contributed by atoms with van der Waals surface area (Å²) in [7, 11) is 0. The number of nitriles is 1. The summed E-state index contributed by atoms with van der Waals surface area (Å²) in [4.78, 5) is 0. The number of hydrogen-bond donors (Lipinski definition) is 0. The lowest BCUT2D eigenvalue weighted by atomic mass is 9.56. The molecule has 2 fully saturated rings. The smallest absolute Gasteiger partial charge is 0.118 e. The zero-order valence-electron chi connectivity index (χ0n) is 18.6. The van der Waals surface area contributed by atoms with E-state index in [2.05, 4.69) is 97.1 Å². The molecule has 0 saturated carbocycles. The highest BCUT2D eigenvalue weighted by Crippen LogP contribution is 2.59. The third-order valence-corrected chi connectivity index (χ3v) is 8.09. The molecule has 0 aliphatic carbocycles. The van der Waals surface area contributed by atoms with Crippen molar-refractivity contribution in [2.45, 2.75) is 31.1 Å². The van der Waals surface area contributed by atoms with Gasteiger partial charge in [0.2, 0.25) is 0 Å². The molecule has 2 nitrogen and oxygen atoms in total. The number of aryl methyl sites for hydroxylation is 1. The molecule has 0 N–H and O–H groups in total. The Kier molecular flexibility index (Phi) is 6.56. The van der Waals surface area contributed by atoms with E-state index < -0.39 is 5.41 Å². The maximum absolute atomic E-state index is 10.8. The van der Waals surface area contributed by atoms with Crippen LogP contribution in [0.3, 0.4) is 0 Å². The van der Waals surface area contributed by atoms with Crippen LogP contribution in [0.1, 0.15) is 36.0 Å². The first-order valence-corrected chi connectivity index (χ1v) is 11.6. The maximum Gasteiger partial charge on any atom is 0.118 e. The van der Waals surface area contributed by atoms with Crippen LogP contribution >= 0.6 is 0 Å². The van der Waals surface area contributed by atoms with Crippen LogP contribution in [0.5, 0.6) is 0 Å². The molecule has 0 atom stereocenters. The molecule has 0 radical (unpaired) electrons. The summed E-state index contributed by atoms with van der Waals surface area (Å²) in [5.74, 6) is 0. The summed E-state index contributed by atoms with van der Waals surface area (Å²) in [6.07, 6.45) is 4.64. The van der Waals surface area contributed by atoms with Crippen LogP contribution < -0.4 is 17.0 Å². The summed E-state index contributed by atoms with van der Waals surface area (Å²) < 4.78 is 1.19. The van der Waals surface area contributed by atoms with Gasteiger partial charge < -0.3 is 21.5 Å². The van der Waals surface area contributed by atoms with E-state index in [0.29, 0.717) is 0 Å². The molecule has 0 unspecified atom stereocenters. The van der Waals surface area contributed by atoms with Gasteiger partial charge in [0.25, 0.3) is 0 Å². The van der Waals surface area contributed by atoms with Gasteiger partial charge in [0.1, 0.15) is 5.41 Å². The van der Waals surface area contributed by atoms with Gasteiger partial charge in [0.15, 0.2) is 0 Å². The van der Waals surface area contributed by atoms with Crippen molar-refractivity contribution in [3.05, 3.63) is 108 Å². The molecule has 2 aliphatic rings. The van der Waals surface area contributed by atoms with Crippen molar-refractivity contribution in [3.63, 3.8) is 0 Å². The Morgan fingerprint density at radius 3 is 1.78 bits per heavy atom. The van der Waals surface area contributed by atoms with Crippen LogP contribution in [0.15, 0.2) is 91.0 Å². The second-order valence-electron chi connectivity index (χ2n) is 9.63. The van der Waals surface area contributed by atoms with Gasteiger partial charge in [-0.2, -0.15) is 5.26 Å². The molecule has 3 aromatic carbocycles. The van der Waals surface area contributed by atoms with Crippen LogP contribution in [0, 0.1) is 16.7 Å². The first kappa shape index (κ1) is 22.8. The highest BCUT2D eigenvalue weighted by molar-refractivity contribution is 5.49. The van der Waals surface area contributed by atoms with Crippen molar-refractivity contribution in [2.24, 2.45) is 5.41 Å². The molecular weight excluding hydrogens is 456 g/mol. The zero-order chi connectivity index (χ0) is 21.2. The van der Waals surface area contributed by atoms with Crippen LogP contribution in [0.2, 0.25) is 0 Å². The van der Waals surface area contributed by atoms with E-state index in [0.717, 1.165) is 36.9 Å². The van der Waals surface area contributed by atoms with Crippen LogP contribution in [0.4, 0.5) is 0 Å². The first-order chi connectivity index (χ1) is 15.2. The van der Waals surface area contributed by atoms with Gasteiger partial charge in [-0.3, -0.25) is 0 Å². The van der Waals surface area contributed by atoms with Crippen molar-refractivity contribution in [1.82, 2.24) is 0 Å². The number of rotatable bonds is 7. The van der Waals surface area contributed by atoms with Gasteiger partial charge in [0.05, 0.1) is 37.7 Å². The van der Waals surface area contributed by atoms with Crippen LogP contribution in [-0.2, 0) is 11.8 Å². The molecule has 0 amide bonds. The second kappa shape index (κ2) is 9.22. The van der Waals surface area contributed by atoms with Crippen molar-refractivity contribution in [3.8, 4) is 6.07 Å². The average Bonchev–Trinajstić information content (AvgIpc) is 3.40. The van der Waals surface area contributed by atoms with E-state index in [1.165, 1.54) is 36.1 Å². The number of benzene rings is 3. The highest BCUT2D eigenvalue weighted by Gasteiger charge is 2.66. The Balaban J connectivity index is 0.00000245. The van der Waals surface area contributed by atoms with E-state index in [-0.39, 0.29) is 22.4 Å². The monoisotopic (exact) mass is 486 g/mol. The van der Waals surface area contributed by atoms with Gasteiger partial charge in [-0.1, -0.05) is 91.0 Å². The van der Waals surface area contributed by atoms with E-state index >= 15 is 0 Å².